The molecule has 4 fully saturated rings. The first-order valence-electron chi connectivity index (χ1n) is 20.6. The highest BCUT2D eigenvalue weighted by atomic mass is 28.4. The number of rotatable bonds is 7. The molecule has 3 aromatic carbocycles. The second-order valence-electron chi connectivity index (χ2n) is 17.9. The Balaban J connectivity index is 1.01. The first-order valence-corrected chi connectivity index (χ1v) is 23.5. The molecule has 5 aliphatic heterocycles. The maximum absolute atomic E-state index is 14.6. The van der Waals surface area contributed by atoms with E-state index in [1.165, 1.54) is 0 Å². The fraction of sp³-hybridized carbons (Fsp3) is 0.543. The van der Waals surface area contributed by atoms with E-state index in [9.17, 15) is 4.79 Å². The molecular formula is C46H56O10Si. The lowest BCUT2D eigenvalue weighted by Gasteiger charge is -2.51. The monoisotopic (exact) mass is 796 g/mol. The molecular weight excluding hydrogens is 741 g/mol. The summed E-state index contributed by atoms with van der Waals surface area (Å²) in [6.07, 6.45) is 5.03. The van der Waals surface area contributed by atoms with E-state index in [-0.39, 0.29) is 41.2 Å². The molecule has 1 aliphatic carbocycles. The van der Waals surface area contributed by atoms with Crippen molar-refractivity contribution in [3.05, 3.63) is 96.6 Å². The topological polar surface area (TPSA) is 100 Å². The molecule has 10 nitrogen and oxygen atoms in total. The average Bonchev–Trinajstić information content (AvgIpc) is 3.54. The largest absolute Gasteiger partial charge is 0.497 e. The van der Waals surface area contributed by atoms with Gasteiger partial charge >= 0.3 is 0 Å². The predicted octanol–water partition coefficient (Wildman–Crippen LogP) is 7.90. The van der Waals surface area contributed by atoms with E-state index in [1.54, 1.807) is 7.11 Å². The van der Waals surface area contributed by atoms with Crippen molar-refractivity contribution in [1.29, 1.82) is 0 Å². The van der Waals surface area contributed by atoms with Gasteiger partial charge in [-0.1, -0.05) is 87.5 Å². The fourth-order valence-corrected chi connectivity index (χ4v) is 10.6. The highest BCUT2D eigenvalue weighted by Gasteiger charge is 2.63. The van der Waals surface area contributed by atoms with Gasteiger partial charge in [0.1, 0.15) is 41.7 Å². The third-order valence-corrected chi connectivity index (χ3v) is 17.8. The number of ether oxygens (including phenoxy) is 8. The summed E-state index contributed by atoms with van der Waals surface area (Å²) in [5.74, 6) is 0.858. The quantitative estimate of drug-likeness (QED) is 0.173. The van der Waals surface area contributed by atoms with Crippen molar-refractivity contribution in [2.24, 2.45) is 11.8 Å². The van der Waals surface area contributed by atoms with Crippen molar-refractivity contribution < 1.29 is 47.1 Å². The summed E-state index contributed by atoms with van der Waals surface area (Å²) in [6, 6.07) is 22.3. The molecule has 0 amide bonds. The third kappa shape index (κ3) is 7.55. The molecule has 5 heterocycles. The van der Waals surface area contributed by atoms with Gasteiger partial charge in [-0.2, -0.15) is 0 Å². The zero-order chi connectivity index (χ0) is 39.5. The predicted molar refractivity (Wildman–Crippen MR) is 217 cm³/mol. The van der Waals surface area contributed by atoms with Gasteiger partial charge in [-0.05, 0) is 71.6 Å². The molecule has 0 unspecified atom stereocenters. The first-order chi connectivity index (χ1) is 27.5. The zero-order valence-electron chi connectivity index (χ0n) is 33.8. The minimum absolute atomic E-state index is 0.100. The summed E-state index contributed by atoms with van der Waals surface area (Å²) in [4.78, 5) is 14.6. The van der Waals surface area contributed by atoms with Gasteiger partial charge in [0.05, 0.1) is 56.8 Å². The van der Waals surface area contributed by atoms with Crippen LogP contribution in [0.15, 0.2) is 91.0 Å². The van der Waals surface area contributed by atoms with E-state index in [0.29, 0.717) is 32.5 Å². The van der Waals surface area contributed by atoms with Crippen molar-refractivity contribution in [2.45, 2.75) is 125 Å². The van der Waals surface area contributed by atoms with Crippen molar-refractivity contribution in [1.82, 2.24) is 0 Å². The molecule has 9 rings (SSSR count). The molecule has 13 atom stereocenters. The molecule has 0 aromatic heterocycles. The molecule has 304 valence electrons. The van der Waals surface area contributed by atoms with Gasteiger partial charge in [-0.15, -0.1) is 0 Å². The number of methoxy groups -OCH3 is 1. The van der Waals surface area contributed by atoms with Crippen LogP contribution in [0.1, 0.15) is 51.7 Å². The van der Waals surface area contributed by atoms with Crippen LogP contribution in [0, 0.1) is 11.8 Å². The Labute approximate surface area is 336 Å². The van der Waals surface area contributed by atoms with Crippen molar-refractivity contribution in [2.75, 3.05) is 20.3 Å². The van der Waals surface area contributed by atoms with E-state index >= 15 is 0 Å². The van der Waals surface area contributed by atoms with Crippen molar-refractivity contribution >= 4 is 24.9 Å². The molecule has 3 aromatic rings. The van der Waals surface area contributed by atoms with Crippen molar-refractivity contribution in [3.63, 3.8) is 0 Å². The minimum atomic E-state index is -2.47. The number of ketones is 1. The lowest BCUT2D eigenvalue weighted by Crippen LogP contribution is -2.66. The SMILES string of the molecule is COc1ccc([C@@H]2CO[C@H]3O[C@H]4[C@@H]5CC(=O)[C@@H]([C@H]6O[C@H]7CC=CCO[C@@H]7[C@@H](Oc7ccc8ccccc8c7)[C@@H]6O[Si](C)(C)C(C)(C)C)[C@@H]5O[C@@H]4C/C=C\[C@@H]3O2)cc1. The second kappa shape index (κ2) is 15.7. The summed E-state index contributed by atoms with van der Waals surface area (Å²) in [6.45, 7) is 12.0. The molecule has 6 aliphatic rings. The number of fused-ring (bicyclic) bond motifs is 6. The number of carbonyl (C=O) groups excluding carboxylic acids is 1. The summed E-state index contributed by atoms with van der Waals surface area (Å²) in [7, 11) is -0.809. The van der Waals surface area contributed by atoms with Gasteiger partial charge in [0.2, 0.25) is 0 Å². The zero-order valence-corrected chi connectivity index (χ0v) is 34.8. The highest BCUT2D eigenvalue weighted by molar-refractivity contribution is 6.74. The molecule has 0 N–H and O–H groups in total. The van der Waals surface area contributed by atoms with Crippen LogP contribution in [-0.2, 0) is 37.6 Å². The number of Topliss-reactive ketones (excluding diaryl/α,β-unsaturated/α-hetero) is 1. The molecule has 1 saturated carbocycles. The number of carbonyl (C=O) groups is 1. The highest BCUT2D eigenvalue weighted by Crippen LogP contribution is 2.50. The minimum Gasteiger partial charge on any atom is -0.497 e. The van der Waals surface area contributed by atoms with Gasteiger partial charge in [-0.3, -0.25) is 4.79 Å². The normalized spacial score (nSPS) is 37.2. The van der Waals surface area contributed by atoms with E-state index in [2.05, 4.69) is 70.3 Å². The third-order valence-electron chi connectivity index (χ3n) is 13.4. The maximum Gasteiger partial charge on any atom is 0.192 e. The van der Waals surface area contributed by atoms with E-state index < -0.39 is 57.1 Å². The molecule has 0 spiro atoms. The first kappa shape index (κ1) is 39.1. The summed E-state index contributed by atoms with van der Waals surface area (Å²) in [5, 5.41) is 2.11. The Morgan fingerprint density at radius 3 is 2.26 bits per heavy atom. The Bertz CT molecular complexity index is 1970. The fourth-order valence-electron chi connectivity index (χ4n) is 9.32. The average molecular weight is 797 g/mol. The van der Waals surface area contributed by atoms with Crippen LogP contribution in [0.2, 0.25) is 18.1 Å². The van der Waals surface area contributed by atoms with E-state index in [0.717, 1.165) is 27.8 Å². The van der Waals surface area contributed by atoms with Crippen LogP contribution in [0.5, 0.6) is 11.5 Å². The molecule has 57 heavy (non-hydrogen) atoms. The smallest absolute Gasteiger partial charge is 0.192 e. The second-order valence-corrected chi connectivity index (χ2v) is 22.7. The number of benzene rings is 3. The van der Waals surface area contributed by atoms with Crippen molar-refractivity contribution in [3.8, 4) is 11.5 Å². The summed E-state index contributed by atoms with van der Waals surface area (Å²) >= 11 is 0. The van der Waals surface area contributed by atoms with Gasteiger partial charge in [0.15, 0.2) is 20.7 Å². The molecule has 3 saturated heterocycles. The van der Waals surface area contributed by atoms with Gasteiger partial charge in [0.25, 0.3) is 0 Å². The van der Waals surface area contributed by atoms with Crippen LogP contribution in [-0.4, -0.2) is 95.6 Å². The van der Waals surface area contributed by atoms with E-state index in [1.807, 2.05) is 54.6 Å². The van der Waals surface area contributed by atoms with Crippen LogP contribution in [0.3, 0.4) is 0 Å². The Morgan fingerprint density at radius 2 is 1.47 bits per heavy atom. The Kier molecular flexibility index (Phi) is 10.7. The molecule has 0 bridgehead atoms. The van der Waals surface area contributed by atoms with E-state index in [4.69, 9.17) is 42.3 Å². The Hall–Kier alpha value is -3.39. The standard InChI is InChI=1S/C46H56O10Si/c1-46(2,3)57(5,6)56-44-42(54-35-14-9-10-23-49-41(35)43(44)51-31-22-17-27-12-7-8-13-29(27)24-31)38-33(47)25-32-39-34(53-40(32)38)15-11-16-36-45(55-39)50-26-37(52-36)28-18-20-30(48-4)21-19-28/h7-13,16-22,24,32,34-45H,14-15,23,25-26H2,1-6H3/b16-11-/t32-,34+,35-,36-,37-,38+,39-,40+,41-,42+,43+,44+,45-/m0/s1. The van der Waals surface area contributed by atoms with Crippen LogP contribution in [0.25, 0.3) is 10.8 Å². The number of hydrogen-bond donors (Lipinski definition) is 0. The molecule has 0 radical (unpaired) electrons. The van der Waals surface area contributed by atoms with Gasteiger partial charge in [-0.25, -0.2) is 0 Å². The maximum atomic E-state index is 14.6. The number of hydrogen-bond acceptors (Lipinski definition) is 10. The van der Waals surface area contributed by atoms with Crippen LogP contribution in [0.4, 0.5) is 0 Å². The Morgan fingerprint density at radius 1 is 0.737 bits per heavy atom. The summed E-state index contributed by atoms with van der Waals surface area (Å²) < 4.78 is 60.2. The lowest BCUT2D eigenvalue weighted by molar-refractivity contribution is -0.282. The van der Waals surface area contributed by atoms with Crippen LogP contribution < -0.4 is 9.47 Å². The van der Waals surface area contributed by atoms with Gasteiger partial charge in [0, 0.05) is 12.3 Å². The van der Waals surface area contributed by atoms with Gasteiger partial charge < -0.3 is 42.3 Å². The van der Waals surface area contributed by atoms with Crippen LogP contribution >= 0.6 is 0 Å². The summed E-state index contributed by atoms with van der Waals surface area (Å²) in [5.41, 5.74) is 1.01. The lowest BCUT2D eigenvalue weighted by atomic mass is 9.84. The molecule has 11 heteroatoms.